The summed E-state index contributed by atoms with van der Waals surface area (Å²) in [6.45, 7) is 0. The van der Waals surface area contributed by atoms with Crippen molar-refractivity contribution in [2.75, 3.05) is 7.11 Å². The van der Waals surface area contributed by atoms with Gasteiger partial charge in [0.1, 0.15) is 5.75 Å². The Bertz CT molecular complexity index is 655. The number of hydrogen-bond acceptors (Lipinski definition) is 4. The fraction of sp³-hybridized carbons (Fsp3) is 0.500. The van der Waals surface area contributed by atoms with Gasteiger partial charge in [-0.05, 0) is 25.0 Å². The highest BCUT2D eigenvalue weighted by atomic mass is 16.5. The molecule has 0 bridgehead atoms. The van der Waals surface area contributed by atoms with E-state index in [-0.39, 0.29) is 0 Å². The summed E-state index contributed by atoms with van der Waals surface area (Å²) in [5.41, 5.74) is 0.568. The van der Waals surface area contributed by atoms with Crippen LogP contribution in [0.3, 0.4) is 0 Å². The number of carboxylic acid groups (broad SMARTS) is 1. The molecule has 1 fully saturated rings. The third-order valence-electron chi connectivity index (χ3n) is 4.40. The number of carboxylic acids is 1. The van der Waals surface area contributed by atoms with Crippen molar-refractivity contribution < 1.29 is 19.1 Å². The molecule has 0 unspecified atom stereocenters. The van der Waals surface area contributed by atoms with Crippen LogP contribution in [0.15, 0.2) is 22.6 Å². The van der Waals surface area contributed by atoms with E-state index >= 15 is 0 Å². The second kappa shape index (κ2) is 5.39. The van der Waals surface area contributed by atoms with Gasteiger partial charge in [0, 0.05) is 6.42 Å². The smallest absolute Gasteiger partial charge is 0.310 e. The number of aromatic nitrogens is 1. The van der Waals surface area contributed by atoms with Crippen LogP contribution in [0.1, 0.15) is 38.0 Å². The Kier molecular flexibility index (Phi) is 3.57. The zero-order valence-corrected chi connectivity index (χ0v) is 12.1. The lowest BCUT2D eigenvalue weighted by Crippen LogP contribution is -2.35. The van der Waals surface area contributed by atoms with Crippen LogP contribution in [0.4, 0.5) is 0 Å². The molecule has 21 heavy (non-hydrogen) atoms. The highest BCUT2D eigenvalue weighted by Gasteiger charge is 2.41. The molecule has 1 heterocycles. The van der Waals surface area contributed by atoms with Crippen LogP contribution in [-0.2, 0) is 11.2 Å². The van der Waals surface area contributed by atoms with Crippen LogP contribution in [0, 0.1) is 5.41 Å². The predicted octanol–water partition coefficient (Wildman–Crippen LogP) is 3.41. The van der Waals surface area contributed by atoms with Gasteiger partial charge in [-0.25, -0.2) is 4.98 Å². The quantitative estimate of drug-likeness (QED) is 0.933. The molecule has 1 N–H and O–H groups in total. The first kappa shape index (κ1) is 13.9. The van der Waals surface area contributed by atoms with Crippen molar-refractivity contribution in [1.82, 2.24) is 4.98 Å². The van der Waals surface area contributed by atoms with Crippen molar-refractivity contribution >= 4 is 17.1 Å². The van der Waals surface area contributed by atoms with Gasteiger partial charge in [0.15, 0.2) is 17.0 Å². The number of oxazole rings is 1. The van der Waals surface area contributed by atoms with Gasteiger partial charge in [-0.3, -0.25) is 4.79 Å². The van der Waals surface area contributed by atoms with Crippen LogP contribution in [0.25, 0.3) is 11.1 Å². The van der Waals surface area contributed by atoms with Gasteiger partial charge in [0.05, 0.1) is 12.5 Å². The largest absolute Gasteiger partial charge is 0.494 e. The lowest BCUT2D eigenvalue weighted by Gasteiger charge is -2.31. The molecule has 0 aliphatic heterocycles. The first-order valence-electron chi connectivity index (χ1n) is 7.30. The van der Waals surface area contributed by atoms with Crippen molar-refractivity contribution in [1.29, 1.82) is 0 Å². The molecule has 1 aliphatic rings. The standard InChI is InChI=1S/C16H19NO4/c1-20-11-6-5-7-12-14(11)17-13(21-12)10-16(15(18)19)8-3-2-4-9-16/h5-7H,2-4,8-10H2,1H3,(H,18,19). The van der Waals surface area contributed by atoms with Gasteiger partial charge in [-0.2, -0.15) is 0 Å². The second-order valence-corrected chi connectivity index (χ2v) is 5.74. The van der Waals surface area contributed by atoms with Crippen molar-refractivity contribution in [2.24, 2.45) is 5.41 Å². The summed E-state index contributed by atoms with van der Waals surface area (Å²) >= 11 is 0. The monoisotopic (exact) mass is 289 g/mol. The van der Waals surface area contributed by atoms with Crippen LogP contribution >= 0.6 is 0 Å². The molecular weight excluding hydrogens is 270 g/mol. The van der Waals surface area contributed by atoms with Crippen molar-refractivity contribution in [2.45, 2.75) is 38.5 Å². The van der Waals surface area contributed by atoms with Gasteiger partial charge in [0.2, 0.25) is 0 Å². The number of aliphatic carboxylic acids is 1. The number of ether oxygens (including phenoxy) is 1. The maximum Gasteiger partial charge on any atom is 0.310 e. The molecule has 0 radical (unpaired) electrons. The van der Waals surface area contributed by atoms with Crippen LogP contribution in [-0.4, -0.2) is 23.2 Å². The molecule has 1 aliphatic carbocycles. The Balaban J connectivity index is 1.95. The average molecular weight is 289 g/mol. The first-order chi connectivity index (χ1) is 10.1. The summed E-state index contributed by atoms with van der Waals surface area (Å²) in [5, 5.41) is 9.63. The Morgan fingerprint density at radius 2 is 2.14 bits per heavy atom. The van der Waals surface area contributed by atoms with Gasteiger partial charge < -0.3 is 14.3 Å². The van der Waals surface area contributed by atoms with Crippen LogP contribution in [0.5, 0.6) is 5.75 Å². The molecule has 5 nitrogen and oxygen atoms in total. The van der Waals surface area contributed by atoms with Gasteiger partial charge in [-0.15, -0.1) is 0 Å². The maximum atomic E-state index is 11.7. The molecule has 1 saturated carbocycles. The first-order valence-corrected chi connectivity index (χ1v) is 7.30. The fourth-order valence-corrected chi connectivity index (χ4v) is 3.19. The summed E-state index contributed by atoms with van der Waals surface area (Å²) in [5.74, 6) is 0.394. The summed E-state index contributed by atoms with van der Waals surface area (Å²) < 4.78 is 11.0. The Morgan fingerprint density at radius 1 is 1.38 bits per heavy atom. The fourth-order valence-electron chi connectivity index (χ4n) is 3.19. The molecule has 0 saturated heterocycles. The van der Waals surface area contributed by atoms with E-state index < -0.39 is 11.4 Å². The number of carbonyl (C=O) groups is 1. The third-order valence-corrected chi connectivity index (χ3v) is 4.40. The van der Waals surface area contributed by atoms with E-state index in [1.807, 2.05) is 18.2 Å². The Morgan fingerprint density at radius 3 is 2.81 bits per heavy atom. The molecule has 3 rings (SSSR count). The number of para-hydroxylation sites is 1. The number of benzene rings is 1. The van der Waals surface area contributed by atoms with E-state index in [9.17, 15) is 9.90 Å². The molecule has 2 aromatic rings. The zero-order chi connectivity index (χ0) is 14.9. The van der Waals surface area contributed by atoms with Crippen LogP contribution in [0.2, 0.25) is 0 Å². The lowest BCUT2D eigenvalue weighted by atomic mass is 9.72. The topological polar surface area (TPSA) is 72.6 Å². The minimum absolute atomic E-state index is 0.347. The van der Waals surface area contributed by atoms with E-state index in [1.165, 1.54) is 0 Å². The van der Waals surface area contributed by atoms with Crippen molar-refractivity contribution in [3.8, 4) is 5.75 Å². The van der Waals surface area contributed by atoms with Crippen molar-refractivity contribution in [3.63, 3.8) is 0 Å². The van der Waals surface area contributed by atoms with E-state index in [0.717, 1.165) is 19.3 Å². The number of methoxy groups -OCH3 is 1. The summed E-state index contributed by atoms with van der Waals surface area (Å²) in [6.07, 6.45) is 4.75. The summed E-state index contributed by atoms with van der Waals surface area (Å²) in [7, 11) is 1.59. The minimum Gasteiger partial charge on any atom is -0.494 e. The average Bonchev–Trinajstić information content (AvgIpc) is 2.90. The number of fused-ring (bicyclic) bond motifs is 1. The minimum atomic E-state index is -0.739. The molecule has 112 valence electrons. The van der Waals surface area contributed by atoms with Gasteiger partial charge >= 0.3 is 5.97 Å². The molecule has 5 heteroatoms. The molecule has 0 atom stereocenters. The van der Waals surface area contributed by atoms with E-state index in [4.69, 9.17) is 9.15 Å². The highest BCUT2D eigenvalue weighted by molar-refractivity contribution is 5.80. The summed E-state index contributed by atoms with van der Waals surface area (Å²) in [6, 6.07) is 5.48. The molecule has 1 aromatic carbocycles. The highest BCUT2D eigenvalue weighted by Crippen LogP contribution is 2.40. The molecule has 0 spiro atoms. The Labute approximate surface area is 122 Å². The zero-order valence-electron chi connectivity index (χ0n) is 12.1. The maximum absolute atomic E-state index is 11.7. The summed E-state index contributed by atoms with van der Waals surface area (Å²) in [4.78, 5) is 16.2. The number of hydrogen-bond donors (Lipinski definition) is 1. The van der Waals surface area contributed by atoms with Gasteiger partial charge in [-0.1, -0.05) is 25.3 Å². The van der Waals surface area contributed by atoms with E-state index in [0.29, 0.717) is 42.0 Å². The van der Waals surface area contributed by atoms with E-state index in [1.54, 1.807) is 7.11 Å². The Hall–Kier alpha value is -2.04. The predicted molar refractivity (Wildman–Crippen MR) is 77.4 cm³/mol. The molecule has 0 amide bonds. The van der Waals surface area contributed by atoms with Crippen molar-refractivity contribution in [3.05, 3.63) is 24.1 Å². The number of nitrogens with zero attached hydrogens (tertiary/aromatic N) is 1. The normalized spacial score (nSPS) is 17.8. The lowest BCUT2D eigenvalue weighted by molar-refractivity contribution is -0.151. The SMILES string of the molecule is COc1cccc2oc(CC3(C(=O)O)CCCCC3)nc12. The molecular formula is C16H19NO4. The van der Waals surface area contributed by atoms with Crippen LogP contribution < -0.4 is 4.74 Å². The third kappa shape index (κ3) is 2.48. The molecule has 1 aromatic heterocycles. The second-order valence-electron chi connectivity index (χ2n) is 5.74. The van der Waals surface area contributed by atoms with E-state index in [2.05, 4.69) is 4.98 Å². The van der Waals surface area contributed by atoms with Gasteiger partial charge in [0.25, 0.3) is 0 Å². The number of rotatable bonds is 4.